The molecule has 3 rings (SSSR count). The van der Waals surface area contributed by atoms with Gasteiger partial charge in [-0.15, -0.1) is 5.10 Å². The van der Waals surface area contributed by atoms with Gasteiger partial charge in [-0.1, -0.05) is 18.1 Å². The van der Waals surface area contributed by atoms with Gasteiger partial charge in [0, 0.05) is 32.3 Å². The van der Waals surface area contributed by atoms with Crippen molar-refractivity contribution in [3.8, 4) is 0 Å². The third-order valence-corrected chi connectivity index (χ3v) is 4.67. The second-order valence-electron chi connectivity index (χ2n) is 6.04. The Kier molecular flexibility index (Phi) is 4.68. The van der Waals surface area contributed by atoms with Crippen LogP contribution in [0.3, 0.4) is 0 Å². The normalized spacial score (nSPS) is 24.0. The van der Waals surface area contributed by atoms with Gasteiger partial charge in [0.05, 0.1) is 18.0 Å². The molecule has 1 atom stereocenters. The summed E-state index contributed by atoms with van der Waals surface area (Å²) in [6.07, 6.45) is 10.2. The maximum atomic E-state index is 5.84. The minimum absolute atomic E-state index is 0.432. The topological polar surface area (TPSA) is 43.2 Å². The molecule has 1 aromatic heterocycles. The van der Waals surface area contributed by atoms with Crippen molar-refractivity contribution >= 4 is 0 Å². The zero-order chi connectivity index (χ0) is 13.8. The minimum Gasteiger partial charge on any atom is -0.377 e. The van der Waals surface area contributed by atoms with Crippen LogP contribution in [0.4, 0.5) is 0 Å². The summed E-state index contributed by atoms with van der Waals surface area (Å²) in [5.74, 6) is 0. The Morgan fingerprint density at radius 3 is 2.85 bits per heavy atom. The second kappa shape index (κ2) is 6.68. The van der Waals surface area contributed by atoms with E-state index in [9.17, 15) is 0 Å². The van der Waals surface area contributed by atoms with Crippen molar-refractivity contribution in [2.75, 3.05) is 13.2 Å². The average molecular weight is 278 g/mol. The van der Waals surface area contributed by atoms with E-state index in [2.05, 4.69) is 22.1 Å². The van der Waals surface area contributed by atoms with Crippen molar-refractivity contribution < 1.29 is 4.74 Å². The molecule has 1 aliphatic heterocycles. The third kappa shape index (κ3) is 3.20. The lowest BCUT2D eigenvalue weighted by Crippen LogP contribution is -2.39. The predicted octanol–water partition coefficient (Wildman–Crippen LogP) is 2.22. The Bertz CT molecular complexity index is 408. The van der Waals surface area contributed by atoms with Gasteiger partial charge in [-0.2, -0.15) is 0 Å². The predicted molar refractivity (Wildman–Crippen MR) is 77.3 cm³/mol. The highest BCUT2D eigenvalue weighted by atomic mass is 16.5. The lowest BCUT2D eigenvalue weighted by molar-refractivity contribution is 0.0530. The molecule has 2 fully saturated rings. The van der Waals surface area contributed by atoms with Crippen LogP contribution in [0.15, 0.2) is 6.20 Å². The summed E-state index contributed by atoms with van der Waals surface area (Å²) >= 11 is 0. The zero-order valence-corrected chi connectivity index (χ0v) is 12.5. The number of aromatic nitrogens is 3. The Morgan fingerprint density at radius 1 is 1.30 bits per heavy atom. The van der Waals surface area contributed by atoms with Gasteiger partial charge in [-0.3, -0.25) is 4.90 Å². The Labute approximate surface area is 121 Å². The van der Waals surface area contributed by atoms with Crippen LogP contribution >= 0.6 is 0 Å². The molecule has 1 aromatic rings. The highest BCUT2D eigenvalue weighted by molar-refractivity contribution is 4.96. The van der Waals surface area contributed by atoms with Gasteiger partial charge >= 0.3 is 0 Å². The summed E-state index contributed by atoms with van der Waals surface area (Å²) in [6, 6.07) is 0.722. The summed E-state index contributed by atoms with van der Waals surface area (Å²) in [6.45, 7) is 5.99. The maximum Gasteiger partial charge on any atom is 0.0738 e. The van der Waals surface area contributed by atoms with E-state index in [0.29, 0.717) is 6.10 Å². The van der Waals surface area contributed by atoms with Crippen molar-refractivity contribution in [2.24, 2.45) is 0 Å². The van der Waals surface area contributed by atoms with Crippen molar-refractivity contribution in [1.29, 1.82) is 0 Å². The third-order valence-electron chi connectivity index (χ3n) is 4.67. The quantitative estimate of drug-likeness (QED) is 0.800. The first-order chi connectivity index (χ1) is 9.86. The Hall–Kier alpha value is -0.940. The Morgan fingerprint density at radius 2 is 2.15 bits per heavy atom. The monoisotopic (exact) mass is 278 g/mol. The molecule has 5 nitrogen and oxygen atoms in total. The smallest absolute Gasteiger partial charge is 0.0738 e. The van der Waals surface area contributed by atoms with Gasteiger partial charge in [0.25, 0.3) is 0 Å². The second-order valence-corrected chi connectivity index (χ2v) is 6.04. The van der Waals surface area contributed by atoms with E-state index in [4.69, 9.17) is 4.74 Å². The number of aryl methyl sites for hydroxylation is 1. The molecule has 112 valence electrons. The van der Waals surface area contributed by atoms with Gasteiger partial charge in [0.15, 0.2) is 0 Å². The first kappa shape index (κ1) is 14.0. The summed E-state index contributed by atoms with van der Waals surface area (Å²) in [4.78, 5) is 2.62. The van der Waals surface area contributed by atoms with Gasteiger partial charge in [0.2, 0.25) is 0 Å². The minimum atomic E-state index is 0.432. The van der Waals surface area contributed by atoms with Crippen LogP contribution in [0.1, 0.15) is 51.1 Å². The van der Waals surface area contributed by atoms with Gasteiger partial charge in [0.1, 0.15) is 0 Å². The van der Waals surface area contributed by atoms with E-state index < -0.39 is 0 Å². The lowest BCUT2D eigenvalue weighted by Gasteiger charge is -2.30. The van der Waals surface area contributed by atoms with Gasteiger partial charge in [-0.25, -0.2) is 4.68 Å². The molecule has 2 heterocycles. The summed E-state index contributed by atoms with van der Waals surface area (Å²) in [5, 5.41) is 8.21. The molecule has 20 heavy (non-hydrogen) atoms. The summed E-state index contributed by atoms with van der Waals surface area (Å²) in [5.41, 5.74) is 1.23. The van der Waals surface area contributed by atoms with Crippen LogP contribution in [-0.2, 0) is 17.8 Å². The van der Waals surface area contributed by atoms with Crippen molar-refractivity contribution in [3.05, 3.63) is 11.9 Å². The molecule has 0 bridgehead atoms. The fraction of sp³-hybridized carbons (Fsp3) is 0.867. The lowest BCUT2D eigenvalue weighted by atomic mass is 10.1. The molecular formula is C15H26N4O. The SMILES string of the molecule is CCn1nncc1CN(CC1CCCO1)C1CCCC1. The molecule has 0 amide bonds. The van der Waals surface area contributed by atoms with Crippen LogP contribution in [0.2, 0.25) is 0 Å². The molecule has 1 saturated heterocycles. The molecule has 5 heteroatoms. The molecule has 0 aromatic carbocycles. The first-order valence-electron chi connectivity index (χ1n) is 8.10. The standard InChI is InChI=1S/C15H26N4O/c1-2-19-14(10-16-17-19)11-18(13-6-3-4-7-13)12-15-8-5-9-20-15/h10,13,15H,2-9,11-12H2,1H3. The zero-order valence-electron chi connectivity index (χ0n) is 12.5. The van der Waals surface area contributed by atoms with E-state index in [0.717, 1.165) is 32.3 Å². The van der Waals surface area contributed by atoms with Gasteiger partial charge in [-0.05, 0) is 32.6 Å². The highest BCUT2D eigenvalue weighted by Gasteiger charge is 2.27. The van der Waals surface area contributed by atoms with Crippen LogP contribution in [0.25, 0.3) is 0 Å². The molecule has 2 aliphatic rings. The van der Waals surface area contributed by atoms with Crippen molar-refractivity contribution in [1.82, 2.24) is 19.9 Å². The fourth-order valence-corrected chi connectivity index (χ4v) is 3.54. The average Bonchev–Trinajstić information content (AvgIpc) is 3.21. The van der Waals surface area contributed by atoms with E-state index in [1.165, 1.54) is 44.2 Å². The molecule has 0 radical (unpaired) electrons. The van der Waals surface area contributed by atoms with Crippen molar-refractivity contribution in [2.45, 2.75) is 70.7 Å². The first-order valence-corrected chi connectivity index (χ1v) is 8.10. The van der Waals surface area contributed by atoms with E-state index in [-0.39, 0.29) is 0 Å². The van der Waals surface area contributed by atoms with Crippen LogP contribution < -0.4 is 0 Å². The number of ether oxygens (including phenoxy) is 1. The largest absolute Gasteiger partial charge is 0.377 e. The van der Waals surface area contributed by atoms with Gasteiger partial charge < -0.3 is 4.74 Å². The van der Waals surface area contributed by atoms with Crippen molar-refractivity contribution in [3.63, 3.8) is 0 Å². The van der Waals surface area contributed by atoms with E-state index in [1.54, 1.807) is 0 Å². The number of nitrogens with zero attached hydrogens (tertiary/aromatic N) is 4. The van der Waals surface area contributed by atoms with Crippen LogP contribution in [0.5, 0.6) is 0 Å². The molecule has 0 N–H and O–H groups in total. The van der Waals surface area contributed by atoms with Crippen LogP contribution in [-0.4, -0.2) is 45.2 Å². The molecule has 1 unspecified atom stereocenters. The van der Waals surface area contributed by atoms with Crippen LogP contribution in [0, 0.1) is 0 Å². The number of hydrogen-bond acceptors (Lipinski definition) is 4. The molecule has 1 saturated carbocycles. The highest BCUT2D eigenvalue weighted by Crippen LogP contribution is 2.26. The molecule has 1 aliphatic carbocycles. The Balaban J connectivity index is 1.67. The molecular weight excluding hydrogens is 252 g/mol. The van der Waals surface area contributed by atoms with E-state index in [1.807, 2.05) is 10.9 Å². The maximum absolute atomic E-state index is 5.84. The summed E-state index contributed by atoms with van der Waals surface area (Å²) < 4.78 is 7.85. The number of hydrogen-bond donors (Lipinski definition) is 0. The number of rotatable bonds is 6. The van der Waals surface area contributed by atoms with E-state index >= 15 is 0 Å². The summed E-state index contributed by atoms with van der Waals surface area (Å²) in [7, 11) is 0. The fourth-order valence-electron chi connectivity index (χ4n) is 3.54. The molecule has 0 spiro atoms.